The summed E-state index contributed by atoms with van der Waals surface area (Å²) in [7, 11) is 0. The standard InChI is InChI=1S/C18H30N2O/c1-5-21-17-12-15(19)11-16(13-17)20-9-6-7-14(8-10-20)18(2,3)4/h11-14H,5-10,19H2,1-4H3. The van der Waals surface area contributed by atoms with E-state index in [0.717, 1.165) is 30.4 Å². The summed E-state index contributed by atoms with van der Waals surface area (Å²) in [5.74, 6) is 1.68. The topological polar surface area (TPSA) is 38.5 Å². The highest BCUT2D eigenvalue weighted by molar-refractivity contribution is 5.60. The third-order valence-electron chi connectivity index (χ3n) is 4.54. The Balaban J connectivity index is 2.12. The van der Waals surface area contributed by atoms with Crippen LogP contribution in [-0.2, 0) is 0 Å². The van der Waals surface area contributed by atoms with Gasteiger partial charge in [0.1, 0.15) is 5.75 Å². The van der Waals surface area contributed by atoms with Crippen molar-refractivity contribution in [3.63, 3.8) is 0 Å². The van der Waals surface area contributed by atoms with Gasteiger partial charge in [0.2, 0.25) is 0 Å². The SMILES string of the molecule is CCOc1cc(N)cc(N2CCCC(C(C)(C)C)CC2)c1. The first-order chi connectivity index (χ1) is 9.90. The molecule has 1 aliphatic heterocycles. The van der Waals surface area contributed by atoms with E-state index in [9.17, 15) is 0 Å². The minimum Gasteiger partial charge on any atom is -0.494 e. The van der Waals surface area contributed by atoms with Crippen LogP contribution in [0.1, 0.15) is 47.0 Å². The second kappa shape index (κ2) is 6.59. The van der Waals surface area contributed by atoms with Gasteiger partial charge in [-0.15, -0.1) is 0 Å². The molecular weight excluding hydrogens is 260 g/mol. The van der Waals surface area contributed by atoms with Gasteiger partial charge in [-0.3, -0.25) is 0 Å². The third-order valence-corrected chi connectivity index (χ3v) is 4.54. The zero-order chi connectivity index (χ0) is 15.5. The van der Waals surface area contributed by atoms with E-state index in [1.54, 1.807) is 0 Å². The molecule has 0 saturated carbocycles. The molecule has 0 bridgehead atoms. The molecule has 118 valence electrons. The van der Waals surface area contributed by atoms with Gasteiger partial charge in [0.15, 0.2) is 0 Å². The Labute approximate surface area is 129 Å². The average molecular weight is 290 g/mol. The number of hydrogen-bond acceptors (Lipinski definition) is 3. The smallest absolute Gasteiger partial charge is 0.123 e. The Morgan fingerprint density at radius 2 is 1.95 bits per heavy atom. The van der Waals surface area contributed by atoms with Gasteiger partial charge in [-0.2, -0.15) is 0 Å². The van der Waals surface area contributed by atoms with Crippen molar-refractivity contribution in [1.82, 2.24) is 0 Å². The minimum atomic E-state index is 0.405. The third kappa shape index (κ3) is 4.29. The molecule has 1 atom stereocenters. The summed E-state index contributed by atoms with van der Waals surface area (Å²) in [6, 6.07) is 6.10. The number of nitrogens with two attached hydrogens (primary N) is 1. The molecular formula is C18H30N2O. The van der Waals surface area contributed by atoms with Crippen molar-refractivity contribution >= 4 is 11.4 Å². The Morgan fingerprint density at radius 3 is 2.62 bits per heavy atom. The van der Waals surface area contributed by atoms with Crippen LogP contribution in [0.25, 0.3) is 0 Å². The molecule has 1 fully saturated rings. The first-order valence-electron chi connectivity index (χ1n) is 8.18. The highest BCUT2D eigenvalue weighted by Crippen LogP contribution is 2.36. The van der Waals surface area contributed by atoms with E-state index >= 15 is 0 Å². The lowest BCUT2D eigenvalue weighted by atomic mass is 9.77. The van der Waals surface area contributed by atoms with Crippen LogP contribution in [0.2, 0.25) is 0 Å². The fourth-order valence-corrected chi connectivity index (χ4v) is 3.26. The van der Waals surface area contributed by atoms with Crippen molar-refractivity contribution in [3.05, 3.63) is 18.2 Å². The predicted octanol–water partition coefficient (Wildman–Crippen LogP) is 4.32. The lowest BCUT2D eigenvalue weighted by Gasteiger charge is -2.30. The van der Waals surface area contributed by atoms with Crippen LogP contribution in [-0.4, -0.2) is 19.7 Å². The Hall–Kier alpha value is -1.38. The number of benzene rings is 1. The first kappa shape index (κ1) is 16.0. The first-order valence-corrected chi connectivity index (χ1v) is 8.18. The number of rotatable bonds is 3. The average Bonchev–Trinajstić information content (AvgIpc) is 2.63. The lowest BCUT2D eigenvalue weighted by molar-refractivity contribution is 0.220. The fraction of sp³-hybridized carbons (Fsp3) is 0.667. The van der Waals surface area contributed by atoms with E-state index in [1.807, 2.05) is 13.0 Å². The Morgan fingerprint density at radius 1 is 1.19 bits per heavy atom. The molecule has 2 N–H and O–H groups in total. The maximum absolute atomic E-state index is 6.03. The molecule has 21 heavy (non-hydrogen) atoms. The van der Waals surface area contributed by atoms with Gasteiger partial charge in [-0.05, 0) is 43.6 Å². The van der Waals surface area contributed by atoms with E-state index in [0.29, 0.717) is 12.0 Å². The molecule has 3 nitrogen and oxygen atoms in total. The molecule has 0 aliphatic carbocycles. The largest absolute Gasteiger partial charge is 0.494 e. The molecule has 1 aromatic rings. The summed E-state index contributed by atoms with van der Waals surface area (Å²) >= 11 is 0. The van der Waals surface area contributed by atoms with Gasteiger partial charge in [0, 0.05) is 36.6 Å². The molecule has 1 aliphatic rings. The molecule has 1 saturated heterocycles. The Kier molecular flexibility index (Phi) is 5.02. The van der Waals surface area contributed by atoms with Crippen molar-refractivity contribution in [3.8, 4) is 5.75 Å². The van der Waals surface area contributed by atoms with Crippen molar-refractivity contribution in [1.29, 1.82) is 0 Å². The number of anilines is 2. The number of nitrogen functional groups attached to an aromatic ring is 1. The van der Waals surface area contributed by atoms with Gasteiger partial charge in [0.25, 0.3) is 0 Å². The van der Waals surface area contributed by atoms with Crippen LogP contribution < -0.4 is 15.4 Å². The van der Waals surface area contributed by atoms with Crippen LogP contribution in [0.4, 0.5) is 11.4 Å². The van der Waals surface area contributed by atoms with Gasteiger partial charge in [-0.25, -0.2) is 0 Å². The fourth-order valence-electron chi connectivity index (χ4n) is 3.26. The zero-order valence-electron chi connectivity index (χ0n) is 14.0. The molecule has 3 heteroatoms. The molecule has 0 aromatic heterocycles. The van der Waals surface area contributed by atoms with Gasteiger partial charge in [-0.1, -0.05) is 20.8 Å². The van der Waals surface area contributed by atoms with Gasteiger partial charge >= 0.3 is 0 Å². The summed E-state index contributed by atoms with van der Waals surface area (Å²) < 4.78 is 5.62. The van der Waals surface area contributed by atoms with E-state index in [2.05, 4.69) is 37.8 Å². The quantitative estimate of drug-likeness (QED) is 0.843. The van der Waals surface area contributed by atoms with E-state index in [4.69, 9.17) is 10.5 Å². The van der Waals surface area contributed by atoms with E-state index < -0.39 is 0 Å². The predicted molar refractivity (Wildman–Crippen MR) is 91.0 cm³/mol. The van der Waals surface area contributed by atoms with Crippen molar-refractivity contribution in [2.75, 3.05) is 30.3 Å². The van der Waals surface area contributed by atoms with Crippen LogP contribution in [0.15, 0.2) is 18.2 Å². The molecule has 1 heterocycles. The summed E-state index contributed by atoms with van der Waals surface area (Å²) in [6.45, 7) is 12.0. The second-order valence-electron chi connectivity index (χ2n) is 7.17. The van der Waals surface area contributed by atoms with Crippen LogP contribution in [0.5, 0.6) is 5.75 Å². The Bertz CT molecular complexity index is 465. The lowest BCUT2D eigenvalue weighted by Crippen LogP contribution is -2.26. The van der Waals surface area contributed by atoms with Crippen molar-refractivity contribution < 1.29 is 4.74 Å². The van der Waals surface area contributed by atoms with Gasteiger partial charge < -0.3 is 15.4 Å². The zero-order valence-corrected chi connectivity index (χ0v) is 14.0. The number of nitrogens with zero attached hydrogens (tertiary/aromatic N) is 1. The summed E-state index contributed by atoms with van der Waals surface area (Å²) in [4.78, 5) is 2.46. The summed E-state index contributed by atoms with van der Waals surface area (Å²) in [6.07, 6.45) is 3.82. The van der Waals surface area contributed by atoms with Crippen LogP contribution in [0, 0.1) is 11.3 Å². The van der Waals surface area contributed by atoms with E-state index in [-0.39, 0.29) is 0 Å². The molecule has 1 aromatic carbocycles. The molecule has 2 rings (SSSR count). The summed E-state index contributed by atoms with van der Waals surface area (Å²) in [5.41, 5.74) is 8.42. The van der Waals surface area contributed by atoms with Crippen molar-refractivity contribution in [2.45, 2.75) is 47.0 Å². The number of ether oxygens (including phenoxy) is 1. The van der Waals surface area contributed by atoms with Crippen molar-refractivity contribution in [2.24, 2.45) is 11.3 Å². The summed E-state index contributed by atoms with van der Waals surface area (Å²) in [5, 5.41) is 0. The molecule has 0 spiro atoms. The normalized spacial score (nSPS) is 20.2. The monoisotopic (exact) mass is 290 g/mol. The second-order valence-corrected chi connectivity index (χ2v) is 7.17. The highest BCUT2D eigenvalue weighted by Gasteiger charge is 2.27. The van der Waals surface area contributed by atoms with Crippen LogP contribution in [0.3, 0.4) is 0 Å². The van der Waals surface area contributed by atoms with Gasteiger partial charge in [0.05, 0.1) is 6.61 Å². The maximum Gasteiger partial charge on any atom is 0.123 e. The maximum atomic E-state index is 6.03. The van der Waals surface area contributed by atoms with E-state index in [1.165, 1.54) is 24.9 Å². The molecule has 0 amide bonds. The number of hydrogen-bond donors (Lipinski definition) is 1. The van der Waals surface area contributed by atoms with Crippen LogP contribution >= 0.6 is 0 Å². The molecule has 0 radical (unpaired) electrons. The minimum absolute atomic E-state index is 0.405. The molecule has 1 unspecified atom stereocenters. The highest BCUT2D eigenvalue weighted by atomic mass is 16.5.